The van der Waals surface area contributed by atoms with Crippen LogP contribution in [0.15, 0.2) is 22.6 Å². The molecule has 0 atom stereocenters. The number of rotatable bonds is 4. The quantitative estimate of drug-likeness (QED) is 0.923. The number of hydrogen-bond acceptors (Lipinski definition) is 4. The van der Waals surface area contributed by atoms with Gasteiger partial charge in [0.05, 0.1) is 6.61 Å². The molecule has 0 radical (unpaired) electrons. The highest BCUT2D eigenvalue weighted by Crippen LogP contribution is 2.28. The average Bonchev–Trinajstić information content (AvgIpc) is 2.72. The molecule has 0 aliphatic carbocycles. The molecule has 0 aliphatic heterocycles. The zero-order chi connectivity index (χ0) is 14.0. The van der Waals surface area contributed by atoms with Crippen molar-refractivity contribution in [1.82, 2.24) is 4.98 Å². The van der Waals surface area contributed by atoms with E-state index in [0.29, 0.717) is 6.07 Å². The second-order valence-electron chi connectivity index (χ2n) is 3.55. The first-order valence-electron chi connectivity index (χ1n) is 5.34. The highest BCUT2D eigenvalue weighted by atomic mass is 19.1. The maximum atomic E-state index is 13.1. The van der Waals surface area contributed by atoms with Gasteiger partial charge >= 0.3 is 11.9 Å². The van der Waals surface area contributed by atoms with E-state index in [2.05, 4.69) is 4.98 Å². The largest absolute Gasteiger partial charge is 0.476 e. The molecule has 0 saturated heterocycles. The zero-order valence-corrected chi connectivity index (χ0v) is 9.81. The average molecular weight is 269 g/mol. The topological polar surface area (TPSA) is 72.6 Å². The summed E-state index contributed by atoms with van der Waals surface area (Å²) in [5, 5.41) is 8.91. The Morgan fingerprint density at radius 3 is 2.53 bits per heavy atom. The zero-order valence-electron chi connectivity index (χ0n) is 9.81. The molecule has 0 aliphatic rings. The molecule has 0 spiro atoms. The molecule has 0 fully saturated rings. The van der Waals surface area contributed by atoms with Crippen LogP contribution in [-0.4, -0.2) is 22.7 Å². The van der Waals surface area contributed by atoms with E-state index >= 15 is 0 Å². The minimum absolute atomic E-state index is 0.00838. The van der Waals surface area contributed by atoms with Gasteiger partial charge in [0.1, 0.15) is 11.6 Å². The molecule has 5 nitrogen and oxygen atoms in total. The predicted octanol–water partition coefficient (Wildman–Crippen LogP) is 2.72. The van der Waals surface area contributed by atoms with Crippen molar-refractivity contribution in [2.75, 3.05) is 6.61 Å². The van der Waals surface area contributed by atoms with E-state index in [1.807, 2.05) is 0 Å². The molecule has 1 aromatic heterocycles. The molecular formula is C12H9F2NO4. The van der Waals surface area contributed by atoms with Crippen LogP contribution in [0.3, 0.4) is 0 Å². The van der Waals surface area contributed by atoms with Gasteiger partial charge in [-0.2, -0.15) is 4.98 Å². The van der Waals surface area contributed by atoms with Crippen LogP contribution in [0.1, 0.15) is 17.4 Å². The van der Waals surface area contributed by atoms with Crippen LogP contribution >= 0.6 is 0 Å². The molecule has 1 aromatic carbocycles. The van der Waals surface area contributed by atoms with Gasteiger partial charge in [0, 0.05) is 11.6 Å². The first-order valence-corrected chi connectivity index (χ1v) is 5.34. The van der Waals surface area contributed by atoms with Crippen LogP contribution < -0.4 is 4.74 Å². The van der Waals surface area contributed by atoms with Crippen molar-refractivity contribution in [3.8, 4) is 17.4 Å². The number of aromatic nitrogens is 1. The molecule has 2 aromatic rings. The molecular weight excluding hydrogens is 260 g/mol. The summed E-state index contributed by atoms with van der Waals surface area (Å²) in [7, 11) is 0. The summed E-state index contributed by atoms with van der Waals surface area (Å²) in [5.74, 6) is -3.50. The van der Waals surface area contributed by atoms with Crippen molar-refractivity contribution in [2.45, 2.75) is 6.92 Å². The van der Waals surface area contributed by atoms with Gasteiger partial charge in [0.25, 0.3) is 0 Å². The maximum Gasteiger partial charge on any atom is 0.362 e. The molecule has 0 amide bonds. The van der Waals surface area contributed by atoms with Crippen LogP contribution in [0.2, 0.25) is 0 Å². The van der Waals surface area contributed by atoms with Gasteiger partial charge < -0.3 is 14.3 Å². The molecule has 1 heterocycles. The number of halogens is 2. The third-order valence-electron chi connectivity index (χ3n) is 2.18. The van der Waals surface area contributed by atoms with E-state index in [4.69, 9.17) is 14.3 Å². The van der Waals surface area contributed by atoms with Crippen LogP contribution in [-0.2, 0) is 0 Å². The Morgan fingerprint density at radius 2 is 2.00 bits per heavy atom. The standard InChI is InChI=1S/C12H9F2NO4/c1-2-18-12-9(11(16)17)15-10(19-12)6-3-7(13)5-8(14)4-6/h3-5H,2H2,1H3,(H,16,17). The fourth-order valence-electron chi connectivity index (χ4n) is 1.47. The smallest absolute Gasteiger partial charge is 0.362 e. The third-order valence-corrected chi connectivity index (χ3v) is 2.18. The number of carboxylic acids is 1. The van der Waals surface area contributed by atoms with Crippen LogP contribution in [0.4, 0.5) is 8.78 Å². The van der Waals surface area contributed by atoms with E-state index in [1.165, 1.54) is 0 Å². The fourth-order valence-corrected chi connectivity index (χ4v) is 1.47. The second kappa shape index (κ2) is 5.05. The lowest BCUT2D eigenvalue weighted by Crippen LogP contribution is -2.01. The van der Waals surface area contributed by atoms with Crippen molar-refractivity contribution in [2.24, 2.45) is 0 Å². The lowest BCUT2D eigenvalue weighted by atomic mass is 10.2. The van der Waals surface area contributed by atoms with E-state index in [9.17, 15) is 13.6 Å². The molecule has 19 heavy (non-hydrogen) atoms. The van der Waals surface area contributed by atoms with Crippen molar-refractivity contribution < 1.29 is 27.8 Å². The maximum absolute atomic E-state index is 13.1. The molecule has 1 N–H and O–H groups in total. The fraction of sp³-hybridized carbons (Fsp3) is 0.167. The number of carbonyl (C=O) groups is 1. The molecule has 7 heteroatoms. The number of hydrogen-bond donors (Lipinski definition) is 1. The van der Waals surface area contributed by atoms with Gasteiger partial charge in [0.2, 0.25) is 11.6 Å². The highest BCUT2D eigenvalue weighted by Gasteiger charge is 2.22. The summed E-state index contributed by atoms with van der Waals surface area (Å²) in [6.45, 7) is 1.81. The third kappa shape index (κ3) is 2.70. The number of benzene rings is 1. The van der Waals surface area contributed by atoms with E-state index in [1.54, 1.807) is 6.92 Å². The lowest BCUT2D eigenvalue weighted by molar-refractivity contribution is 0.0683. The van der Waals surface area contributed by atoms with Crippen molar-refractivity contribution >= 4 is 5.97 Å². The SMILES string of the molecule is CCOc1oc(-c2cc(F)cc(F)c2)nc1C(=O)O. The summed E-state index contributed by atoms with van der Waals surface area (Å²) in [6, 6.07) is 2.65. The molecule has 0 unspecified atom stereocenters. The van der Waals surface area contributed by atoms with Gasteiger partial charge in [-0.15, -0.1) is 0 Å². The number of carboxylic acid groups (broad SMARTS) is 1. The Bertz CT molecular complexity index is 604. The van der Waals surface area contributed by atoms with Crippen molar-refractivity contribution in [1.29, 1.82) is 0 Å². The lowest BCUT2D eigenvalue weighted by Gasteiger charge is -1.98. The molecule has 0 bridgehead atoms. The van der Waals surface area contributed by atoms with Gasteiger partial charge in [-0.25, -0.2) is 13.6 Å². The van der Waals surface area contributed by atoms with E-state index in [-0.39, 0.29) is 24.0 Å². The van der Waals surface area contributed by atoms with Gasteiger partial charge in [0.15, 0.2) is 0 Å². The Hall–Kier alpha value is -2.44. The number of nitrogens with zero attached hydrogens (tertiary/aromatic N) is 1. The Kier molecular flexibility index (Phi) is 3.46. The van der Waals surface area contributed by atoms with Crippen LogP contribution in [0, 0.1) is 11.6 Å². The number of oxazole rings is 1. The van der Waals surface area contributed by atoms with E-state index in [0.717, 1.165) is 12.1 Å². The van der Waals surface area contributed by atoms with Gasteiger partial charge in [-0.3, -0.25) is 0 Å². The summed E-state index contributed by atoms with van der Waals surface area (Å²) in [5.41, 5.74) is -0.451. The molecule has 2 rings (SSSR count). The molecule has 0 saturated carbocycles. The second-order valence-corrected chi connectivity index (χ2v) is 3.55. The number of ether oxygens (including phenoxy) is 1. The minimum Gasteiger partial charge on any atom is -0.476 e. The number of aromatic carboxylic acids is 1. The van der Waals surface area contributed by atoms with Gasteiger partial charge in [-0.05, 0) is 19.1 Å². The predicted molar refractivity (Wildman–Crippen MR) is 60.0 cm³/mol. The highest BCUT2D eigenvalue weighted by molar-refractivity contribution is 5.88. The first-order chi connectivity index (χ1) is 9.01. The van der Waals surface area contributed by atoms with Gasteiger partial charge in [-0.1, -0.05) is 0 Å². The Morgan fingerprint density at radius 1 is 1.37 bits per heavy atom. The van der Waals surface area contributed by atoms with E-state index < -0.39 is 23.3 Å². The normalized spacial score (nSPS) is 10.5. The summed E-state index contributed by atoms with van der Waals surface area (Å²) >= 11 is 0. The van der Waals surface area contributed by atoms with Crippen LogP contribution in [0.5, 0.6) is 5.95 Å². The van der Waals surface area contributed by atoms with Crippen LogP contribution in [0.25, 0.3) is 11.5 Å². The summed E-state index contributed by atoms with van der Waals surface area (Å²) in [4.78, 5) is 14.6. The Labute approximate surface area is 106 Å². The monoisotopic (exact) mass is 269 g/mol. The Balaban J connectivity index is 2.50. The summed E-state index contributed by atoms with van der Waals surface area (Å²) in [6.07, 6.45) is 0. The molecule has 100 valence electrons. The minimum atomic E-state index is -1.35. The first kappa shape index (κ1) is 13.0. The summed E-state index contributed by atoms with van der Waals surface area (Å²) < 4.78 is 36.2. The van der Waals surface area contributed by atoms with Crippen molar-refractivity contribution in [3.05, 3.63) is 35.5 Å². The van der Waals surface area contributed by atoms with Crippen molar-refractivity contribution in [3.63, 3.8) is 0 Å².